The Morgan fingerprint density at radius 2 is 2.35 bits per heavy atom. The highest BCUT2D eigenvalue weighted by Gasteiger charge is 2.24. The van der Waals surface area contributed by atoms with E-state index in [0.29, 0.717) is 18.8 Å². The number of fused-ring (bicyclic) bond motifs is 1. The summed E-state index contributed by atoms with van der Waals surface area (Å²) in [6.07, 6.45) is 0.768. The van der Waals surface area contributed by atoms with Crippen LogP contribution in [-0.2, 0) is 17.8 Å². The average molecular weight is 271 g/mol. The molecule has 1 atom stereocenters. The van der Waals surface area contributed by atoms with Crippen molar-refractivity contribution in [3.05, 3.63) is 47.3 Å². The zero-order chi connectivity index (χ0) is 13.9. The highest BCUT2D eigenvalue weighted by Crippen LogP contribution is 2.24. The fourth-order valence-electron chi connectivity index (χ4n) is 2.45. The lowest BCUT2D eigenvalue weighted by atomic mass is 9.93. The predicted molar refractivity (Wildman–Crippen MR) is 75.2 cm³/mol. The second kappa shape index (κ2) is 5.36. The van der Waals surface area contributed by atoms with Crippen molar-refractivity contribution < 1.29 is 9.32 Å². The Bertz CT molecular complexity index is 621. The van der Waals surface area contributed by atoms with E-state index in [1.807, 2.05) is 31.2 Å². The smallest absolute Gasteiger partial charge is 0.225 e. The molecule has 0 saturated carbocycles. The molecule has 0 radical (unpaired) electrons. The minimum Gasteiger partial charge on any atom is -0.384 e. The molecule has 0 aliphatic carbocycles. The van der Waals surface area contributed by atoms with Gasteiger partial charge in [-0.05, 0) is 25.0 Å². The Morgan fingerprint density at radius 3 is 3.15 bits per heavy atom. The first-order valence-corrected chi connectivity index (χ1v) is 6.74. The molecule has 0 bridgehead atoms. The molecule has 1 aromatic carbocycles. The first-order chi connectivity index (χ1) is 9.72. The van der Waals surface area contributed by atoms with E-state index in [4.69, 9.17) is 4.52 Å². The number of aromatic nitrogens is 1. The number of hydrogen-bond donors (Lipinski definition) is 2. The minimum atomic E-state index is -0.0473. The fraction of sp³-hybridized carbons (Fsp3) is 0.333. The number of nitrogens with zero attached hydrogens (tertiary/aromatic N) is 1. The summed E-state index contributed by atoms with van der Waals surface area (Å²) in [5.41, 5.74) is 3.14. The van der Waals surface area contributed by atoms with Gasteiger partial charge in [-0.25, -0.2) is 0 Å². The predicted octanol–water partition coefficient (Wildman–Crippen LogP) is 1.88. The van der Waals surface area contributed by atoms with Crippen LogP contribution in [0.25, 0.3) is 0 Å². The molecule has 5 nitrogen and oxygen atoms in total. The van der Waals surface area contributed by atoms with E-state index in [0.717, 1.165) is 17.8 Å². The van der Waals surface area contributed by atoms with Crippen molar-refractivity contribution in [1.29, 1.82) is 0 Å². The third kappa shape index (κ3) is 2.66. The number of para-hydroxylation sites is 1. The second-order valence-electron chi connectivity index (χ2n) is 5.09. The molecule has 1 amide bonds. The molecule has 1 unspecified atom stereocenters. The molecule has 2 aromatic rings. The molecular formula is C15H17N3O2. The number of carbonyl (C=O) groups is 1. The van der Waals surface area contributed by atoms with Gasteiger partial charge in [0.2, 0.25) is 5.91 Å². The van der Waals surface area contributed by atoms with Crippen LogP contribution in [0.15, 0.2) is 34.9 Å². The molecule has 2 N–H and O–H groups in total. The summed E-state index contributed by atoms with van der Waals surface area (Å²) in [4.78, 5) is 12.2. The zero-order valence-electron chi connectivity index (χ0n) is 11.3. The van der Waals surface area contributed by atoms with Crippen LogP contribution < -0.4 is 10.6 Å². The van der Waals surface area contributed by atoms with Gasteiger partial charge in [0.25, 0.3) is 0 Å². The van der Waals surface area contributed by atoms with Crippen molar-refractivity contribution in [2.24, 2.45) is 5.92 Å². The molecule has 0 fully saturated rings. The number of amides is 1. The van der Waals surface area contributed by atoms with Crippen molar-refractivity contribution in [3.8, 4) is 0 Å². The van der Waals surface area contributed by atoms with Crippen molar-refractivity contribution >= 4 is 11.6 Å². The quantitative estimate of drug-likeness (QED) is 0.894. The van der Waals surface area contributed by atoms with Gasteiger partial charge in [-0.1, -0.05) is 23.4 Å². The lowest BCUT2D eigenvalue weighted by molar-refractivity contribution is -0.124. The monoisotopic (exact) mass is 271 g/mol. The second-order valence-corrected chi connectivity index (χ2v) is 5.09. The molecule has 2 heterocycles. The highest BCUT2D eigenvalue weighted by atomic mass is 16.5. The molecule has 1 aliphatic heterocycles. The highest BCUT2D eigenvalue weighted by molar-refractivity contribution is 5.80. The molecule has 0 spiro atoms. The lowest BCUT2D eigenvalue weighted by Gasteiger charge is -2.25. The van der Waals surface area contributed by atoms with Gasteiger partial charge in [0.05, 0.1) is 18.2 Å². The molecule has 104 valence electrons. The molecule has 20 heavy (non-hydrogen) atoms. The summed E-state index contributed by atoms with van der Waals surface area (Å²) in [5.74, 6) is 0.676. The van der Waals surface area contributed by atoms with Crippen LogP contribution in [0.3, 0.4) is 0 Å². The number of nitrogens with one attached hydrogen (secondary N) is 2. The molecule has 1 aromatic heterocycles. The number of hydrogen-bond acceptors (Lipinski definition) is 4. The van der Waals surface area contributed by atoms with Crippen LogP contribution in [0.5, 0.6) is 0 Å². The minimum absolute atomic E-state index is 0.0426. The number of aryl methyl sites for hydroxylation is 1. The molecule has 5 heteroatoms. The van der Waals surface area contributed by atoms with E-state index < -0.39 is 0 Å². The maximum atomic E-state index is 12.2. The van der Waals surface area contributed by atoms with Gasteiger partial charge in [0.15, 0.2) is 5.76 Å². The number of rotatable bonds is 3. The van der Waals surface area contributed by atoms with Crippen molar-refractivity contribution in [2.45, 2.75) is 19.9 Å². The average Bonchev–Trinajstić information content (AvgIpc) is 2.90. The van der Waals surface area contributed by atoms with Crippen LogP contribution in [0.4, 0.5) is 5.69 Å². The third-order valence-electron chi connectivity index (χ3n) is 3.51. The Hall–Kier alpha value is -2.30. The standard InChI is InChI=1S/C15H17N3O2/c1-10-6-13(20-18-10)9-17-15(19)12-7-11-4-2-3-5-14(11)16-8-12/h2-6,12,16H,7-9H2,1H3,(H,17,19). The molecular weight excluding hydrogens is 254 g/mol. The van der Waals surface area contributed by atoms with E-state index in [-0.39, 0.29) is 11.8 Å². The van der Waals surface area contributed by atoms with Gasteiger partial charge in [0.1, 0.15) is 0 Å². The summed E-state index contributed by atoms with van der Waals surface area (Å²) in [6, 6.07) is 9.92. The van der Waals surface area contributed by atoms with E-state index in [2.05, 4.69) is 21.9 Å². The lowest BCUT2D eigenvalue weighted by Crippen LogP contribution is -2.37. The molecule has 3 rings (SSSR count). The Morgan fingerprint density at radius 1 is 1.50 bits per heavy atom. The SMILES string of the molecule is Cc1cc(CNC(=O)C2CNc3ccccc3C2)on1. The van der Waals surface area contributed by atoms with E-state index in [1.165, 1.54) is 5.56 Å². The number of benzene rings is 1. The third-order valence-corrected chi connectivity index (χ3v) is 3.51. The Labute approximate surface area is 117 Å². The van der Waals surface area contributed by atoms with E-state index in [9.17, 15) is 4.79 Å². The number of carbonyl (C=O) groups excluding carboxylic acids is 1. The van der Waals surface area contributed by atoms with E-state index >= 15 is 0 Å². The van der Waals surface area contributed by atoms with Gasteiger partial charge in [0, 0.05) is 18.3 Å². The van der Waals surface area contributed by atoms with E-state index in [1.54, 1.807) is 0 Å². The van der Waals surface area contributed by atoms with Gasteiger partial charge >= 0.3 is 0 Å². The van der Waals surface area contributed by atoms with Crippen LogP contribution in [0, 0.1) is 12.8 Å². The summed E-state index contributed by atoms with van der Waals surface area (Å²) in [7, 11) is 0. The van der Waals surface area contributed by atoms with Gasteiger partial charge in [-0.15, -0.1) is 0 Å². The van der Waals surface area contributed by atoms with Crippen molar-refractivity contribution in [2.75, 3.05) is 11.9 Å². The largest absolute Gasteiger partial charge is 0.384 e. The van der Waals surface area contributed by atoms with Crippen LogP contribution in [0.1, 0.15) is 17.0 Å². The Balaban J connectivity index is 1.59. The molecule has 1 aliphatic rings. The first-order valence-electron chi connectivity index (χ1n) is 6.74. The van der Waals surface area contributed by atoms with Gasteiger partial charge in [-0.2, -0.15) is 0 Å². The topological polar surface area (TPSA) is 67.2 Å². The first kappa shape index (κ1) is 12.7. The summed E-state index contributed by atoms with van der Waals surface area (Å²) >= 11 is 0. The fourth-order valence-corrected chi connectivity index (χ4v) is 2.45. The summed E-state index contributed by atoms with van der Waals surface area (Å²) in [5, 5.41) is 10.00. The van der Waals surface area contributed by atoms with Crippen LogP contribution >= 0.6 is 0 Å². The maximum absolute atomic E-state index is 12.2. The van der Waals surface area contributed by atoms with Crippen molar-refractivity contribution in [3.63, 3.8) is 0 Å². The van der Waals surface area contributed by atoms with Crippen LogP contribution in [0.2, 0.25) is 0 Å². The Kier molecular flexibility index (Phi) is 3.41. The normalized spacial score (nSPS) is 17.1. The zero-order valence-corrected chi connectivity index (χ0v) is 11.3. The maximum Gasteiger partial charge on any atom is 0.225 e. The molecule has 0 saturated heterocycles. The summed E-state index contributed by atoms with van der Waals surface area (Å²) in [6.45, 7) is 2.91. The van der Waals surface area contributed by atoms with Crippen molar-refractivity contribution in [1.82, 2.24) is 10.5 Å². The summed E-state index contributed by atoms with van der Waals surface area (Å²) < 4.78 is 5.08. The van der Waals surface area contributed by atoms with Gasteiger partial charge in [-0.3, -0.25) is 4.79 Å². The number of anilines is 1. The van der Waals surface area contributed by atoms with Gasteiger partial charge < -0.3 is 15.2 Å². The van der Waals surface area contributed by atoms with Crippen LogP contribution in [-0.4, -0.2) is 17.6 Å².